The van der Waals surface area contributed by atoms with E-state index in [4.69, 9.17) is 11.6 Å². The van der Waals surface area contributed by atoms with Crippen LogP contribution in [0.2, 0.25) is 5.02 Å². The van der Waals surface area contributed by atoms with Gasteiger partial charge in [0.05, 0.1) is 12.6 Å². The molecule has 1 amide bonds. The molecule has 148 valence electrons. The second-order valence-corrected chi connectivity index (χ2v) is 7.12. The quantitative estimate of drug-likeness (QED) is 0.771. The number of benzene rings is 1. The molecule has 2 saturated heterocycles. The van der Waals surface area contributed by atoms with Crippen LogP contribution in [-0.2, 0) is 11.3 Å². The first-order valence-corrected chi connectivity index (χ1v) is 8.67. The Hall–Kier alpha value is -0.660. The van der Waals surface area contributed by atoms with Gasteiger partial charge in [-0.2, -0.15) is 0 Å². The van der Waals surface area contributed by atoms with E-state index in [1.807, 2.05) is 24.3 Å². The molecule has 0 saturated carbocycles. The van der Waals surface area contributed by atoms with Gasteiger partial charge in [-0.25, -0.2) is 8.78 Å². The molecule has 0 radical (unpaired) electrons. The molecule has 0 bridgehead atoms. The second-order valence-electron chi connectivity index (χ2n) is 6.68. The highest BCUT2D eigenvalue weighted by atomic mass is 35.5. The molecule has 2 aliphatic heterocycles. The second kappa shape index (κ2) is 10.0. The van der Waals surface area contributed by atoms with Crippen molar-refractivity contribution < 1.29 is 13.6 Å². The minimum atomic E-state index is -2.77. The number of carbonyl (C=O) groups excluding carboxylic acids is 1. The summed E-state index contributed by atoms with van der Waals surface area (Å²) in [4.78, 5) is 14.4. The zero-order chi connectivity index (χ0) is 17.2. The van der Waals surface area contributed by atoms with Crippen molar-refractivity contribution >= 4 is 42.3 Å². The molecule has 2 heterocycles. The van der Waals surface area contributed by atoms with E-state index in [0.717, 1.165) is 37.5 Å². The van der Waals surface area contributed by atoms with Crippen molar-refractivity contribution in [2.45, 2.75) is 43.8 Å². The average molecular weight is 431 g/mol. The Labute approximate surface area is 169 Å². The molecule has 26 heavy (non-hydrogen) atoms. The van der Waals surface area contributed by atoms with Crippen molar-refractivity contribution in [1.29, 1.82) is 0 Å². The summed E-state index contributed by atoms with van der Waals surface area (Å²) in [5, 5.41) is 6.24. The van der Waals surface area contributed by atoms with Crippen LogP contribution in [0.1, 0.15) is 24.8 Å². The van der Waals surface area contributed by atoms with Gasteiger partial charge < -0.3 is 5.32 Å². The van der Waals surface area contributed by atoms with Gasteiger partial charge in [-0.3, -0.25) is 15.0 Å². The first-order valence-electron chi connectivity index (χ1n) is 8.30. The summed E-state index contributed by atoms with van der Waals surface area (Å²) in [5.74, 6) is -3.08. The van der Waals surface area contributed by atoms with Crippen molar-refractivity contribution in [2.75, 3.05) is 19.6 Å². The third-order valence-corrected chi connectivity index (χ3v) is 4.93. The summed E-state index contributed by atoms with van der Waals surface area (Å²) in [7, 11) is 0. The minimum Gasteiger partial charge on any atom is -0.352 e. The molecule has 3 rings (SSSR count). The first-order chi connectivity index (χ1) is 11.4. The fourth-order valence-electron chi connectivity index (χ4n) is 3.29. The number of carbonyl (C=O) groups is 1. The summed E-state index contributed by atoms with van der Waals surface area (Å²) in [6.07, 6.45) is 1.26. The van der Waals surface area contributed by atoms with Gasteiger partial charge in [0.25, 0.3) is 5.92 Å². The fourth-order valence-corrected chi connectivity index (χ4v) is 3.41. The Bertz CT molecular complexity index is 581. The van der Waals surface area contributed by atoms with Crippen LogP contribution < -0.4 is 10.6 Å². The van der Waals surface area contributed by atoms with Gasteiger partial charge in [0.15, 0.2) is 0 Å². The maximum atomic E-state index is 13.2. The van der Waals surface area contributed by atoms with Crippen molar-refractivity contribution in [3.05, 3.63) is 34.9 Å². The van der Waals surface area contributed by atoms with Crippen LogP contribution in [0.5, 0.6) is 0 Å². The standard InChI is InChI=1S/C17H22ClF2N3O.2ClH/c18-13-3-1-12(2-4-13)10-23-7-5-14(6-8-23)22-16(24)15-9-17(19,20)11-21-15;;/h1-4,14-15,21H,5-11H2,(H,22,24);2*1H. The Balaban J connectivity index is 0.00000169. The molecule has 9 heteroatoms. The van der Waals surface area contributed by atoms with Crippen LogP contribution in [0.4, 0.5) is 8.78 Å². The van der Waals surface area contributed by atoms with Gasteiger partial charge in [0.1, 0.15) is 0 Å². The van der Waals surface area contributed by atoms with Gasteiger partial charge in [0.2, 0.25) is 5.91 Å². The summed E-state index contributed by atoms with van der Waals surface area (Å²) in [6, 6.07) is 7.09. The van der Waals surface area contributed by atoms with Crippen molar-refractivity contribution in [2.24, 2.45) is 0 Å². The highest BCUT2D eigenvalue weighted by Crippen LogP contribution is 2.25. The van der Waals surface area contributed by atoms with Gasteiger partial charge in [-0.1, -0.05) is 23.7 Å². The van der Waals surface area contributed by atoms with Crippen LogP contribution in [0.15, 0.2) is 24.3 Å². The van der Waals surface area contributed by atoms with E-state index in [1.54, 1.807) is 0 Å². The number of hydrogen-bond acceptors (Lipinski definition) is 3. The van der Waals surface area contributed by atoms with Gasteiger partial charge in [-0.15, -0.1) is 24.8 Å². The van der Waals surface area contributed by atoms with Crippen LogP contribution in [0.3, 0.4) is 0 Å². The highest BCUT2D eigenvalue weighted by molar-refractivity contribution is 6.30. The molecule has 1 atom stereocenters. The molecule has 0 aliphatic carbocycles. The van der Waals surface area contributed by atoms with E-state index >= 15 is 0 Å². The topological polar surface area (TPSA) is 44.4 Å². The fraction of sp³-hybridized carbons (Fsp3) is 0.588. The number of nitrogens with one attached hydrogen (secondary N) is 2. The van der Waals surface area contributed by atoms with Crippen molar-refractivity contribution in [3.63, 3.8) is 0 Å². The predicted molar refractivity (Wildman–Crippen MR) is 104 cm³/mol. The van der Waals surface area contributed by atoms with Crippen LogP contribution in [0.25, 0.3) is 0 Å². The van der Waals surface area contributed by atoms with Gasteiger partial charge in [0, 0.05) is 37.1 Å². The molecule has 4 nitrogen and oxygen atoms in total. The van der Waals surface area contributed by atoms with Crippen molar-refractivity contribution in [3.8, 4) is 0 Å². The lowest BCUT2D eigenvalue weighted by Crippen LogP contribution is -2.49. The summed E-state index contributed by atoms with van der Waals surface area (Å²) in [6.45, 7) is 2.20. The number of nitrogens with zero attached hydrogens (tertiary/aromatic N) is 1. The van der Waals surface area contributed by atoms with Crippen molar-refractivity contribution in [1.82, 2.24) is 15.5 Å². The summed E-state index contributed by atoms with van der Waals surface area (Å²) in [5.41, 5.74) is 1.21. The van der Waals surface area contributed by atoms with Crippen LogP contribution >= 0.6 is 36.4 Å². The van der Waals surface area contributed by atoms with Crippen LogP contribution in [-0.4, -0.2) is 48.4 Å². The number of rotatable bonds is 4. The zero-order valence-corrected chi connectivity index (χ0v) is 16.6. The zero-order valence-electron chi connectivity index (χ0n) is 14.2. The lowest BCUT2D eigenvalue weighted by Gasteiger charge is -2.32. The lowest BCUT2D eigenvalue weighted by atomic mass is 10.0. The van der Waals surface area contributed by atoms with E-state index in [9.17, 15) is 13.6 Å². The molecule has 0 aromatic heterocycles. The monoisotopic (exact) mass is 429 g/mol. The average Bonchev–Trinajstić information content (AvgIpc) is 2.92. The van der Waals surface area contributed by atoms with E-state index in [2.05, 4.69) is 15.5 Å². The minimum absolute atomic E-state index is 0. The first kappa shape index (κ1) is 23.4. The van der Waals surface area contributed by atoms with Gasteiger partial charge >= 0.3 is 0 Å². The lowest BCUT2D eigenvalue weighted by molar-refractivity contribution is -0.124. The number of likely N-dealkylation sites (tertiary alicyclic amines) is 1. The van der Waals surface area contributed by atoms with E-state index in [0.29, 0.717) is 0 Å². The highest BCUT2D eigenvalue weighted by Gasteiger charge is 2.42. The van der Waals surface area contributed by atoms with Crippen LogP contribution in [0, 0.1) is 0 Å². The van der Waals surface area contributed by atoms with E-state index in [-0.39, 0.29) is 36.8 Å². The third kappa shape index (κ3) is 6.50. The molecule has 2 N–H and O–H groups in total. The maximum Gasteiger partial charge on any atom is 0.262 e. The SMILES string of the molecule is Cl.Cl.O=C(NC1CCN(Cc2ccc(Cl)cc2)CC1)C1CC(F)(F)CN1. The maximum absolute atomic E-state index is 13.2. The molecule has 1 unspecified atom stereocenters. The van der Waals surface area contributed by atoms with E-state index in [1.165, 1.54) is 5.56 Å². The summed E-state index contributed by atoms with van der Waals surface area (Å²) < 4.78 is 26.3. The molecular formula is C17H24Cl3F2N3O. The molecule has 2 fully saturated rings. The van der Waals surface area contributed by atoms with E-state index < -0.39 is 24.9 Å². The predicted octanol–water partition coefficient (Wildman–Crippen LogP) is 3.26. The Morgan fingerprint density at radius 1 is 1.23 bits per heavy atom. The summed E-state index contributed by atoms with van der Waals surface area (Å²) >= 11 is 5.89. The number of amides is 1. The molecule has 2 aliphatic rings. The number of piperidine rings is 1. The number of alkyl halides is 2. The molecular weight excluding hydrogens is 407 g/mol. The largest absolute Gasteiger partial charge is 0.352 e. The Morgan fingerprint density at radius 3 is 2.38 bits per heavy atom. The smallest absolute Gasteiger partial charge is 0.262 e. The third-order valence-electron chi connectivity index (χ3n) is 4.68. The molecule has 0 spiro atoms. The molecule has 1 aromatic carbocycles. The Morgan fingerprint density at radius 2 is 1.85 bits per heavy atom. The van der Waals surface area contributed by atoms with Gasteiger partial charge in [-0.05, 0) is 30.5 Å². The number of halogens is 5. The normalized spacial score (nSPS) is 23.0. The molecule has 1 aromatic rings. The number of hydrogen-bond donors (Lipinski definition) is 2. The Kier molecular flexibility index (Phi) is 9.03.